The highest BCUT2D eigenvalue weighted by Crippen LogP contribution is 1.84. The van der Waals surface area contributed by atoms with E-state index >= 15 is 0 Å². The second kappa shape index (κ2) is 10.3. The molecule has 0 atom stereocenters. The minimum absolute atomic E-state index is 0.662. The van der Waals surface area contributed by atoms with E-state index < -0.39 is 0 Å². The van der Waals surface area contributed by atoms with E-state index in [0.29, 0.717) is 5.96 Å². The van der Waals surface area contributed by atoms with Crippen molar-refractivity contribution in [2.24, 2.45) is 10.8 Å². The number of methoxy groups -OCH3 is 1. The zero-order chi connectivity index (χ0) is 10.6. The van der Waals surface area contributed by atoms with Crippen LogP contribution in [0.3, 0.4) is 0 Å². The molecule has 0 unspecified atom stereocenters. The van der Waals surface area contributed by atoms with Crippen LogP contribution in [0.15, 0.2) is 4.99 Å². The molecule has 5 heteroatoms. The van der Waals surface area contributed by atoms with Gasteiger partial charge in [-0.1, -0.05) is 13.3 Å². The van der Waals surface area contributed by atoms with Crippen LogP contribution in [0.5, 0.6) is 0 Å². The van der Waals surface area contributed by atoms with Gasteiger partial charge < -0.3 is 10.1 Å². The highest BCUT2D eigenvalue weighted by atomic mass is 16.5. The monoisotopic (exact) mass is 202 g/mol. The highest BCUT2D eigenvalue weighted by Gasteiger charge is 1.93. The first-order valence-corrected chi connectivity index (χ1v) is 5.09. The fourth-order valence-corrected chi connectivity index (χ4v) is 0.936. The highest BCUT2D eigenvalue weighted by molar-refractivity contribution is 5.79. The number of hydrogen-bond acceptors (Lipinski definition) is 3. The van der Waals surface area contributed by atoms with Crippen LogP contribution < -0.4 is 16.6 Å². The van der Waals surface area contributed by atoms with E-state index in [1.807, 2.05) is 0 Å². The van der Waals surface area contributed by atoms with Crippen molar-refractivity contribution < 1.29 is 4.74 Å². The molecule has 0 aliphatic rings. The van der Waals surface area contributed by atoms with E-state index in [0.717, 1.165) is 39.0 Å². The summed E-state index contributed by atoms with van der Waals surface area (Å²) >= 11 is 0. The smallest absolute Gasteiger partial charge is 0.205 e. The van der Waals surface area contributed by atoms with Crippen LogP contribution in [-0.2, 0) is 4.74 Å². The Balaban J connectivity index is 3.53. The van der Waals surface area contributed by atoms with Gasteiger partial charge in [0.2, 0.25) is 5.96 Å². The molecule has 5 nitrogen and oxygen atoms in total. The van der Waals surface area contributed by atoms with Crippen LogP contribution in [-0.4, -0.2) is 32.8 Å². The van der Waals surface area contributed by atoms with Crippen LogP contribution in [0, 0.1) is 0 Å². The quantitative estimate of drug-likeness (QED) is 0.182. The lowest BCUT2D eigenvalue weighted by molar-refractivity contribution is 0.197. The summed E-state index contributed by atoms with van der Waals surface area (Å²) in [5.41, 5.74) is 2.54. The van der Waals surface area contributed by atoms with Crippen molar-refractivity contribution in [3.63, 3.8) is 0 Å². The second-order valence-corrected chi connectivity index (χ2v) is 3.00. The van der Waals surface area contributed by atoms with Gasteiger partial charge in [-0.3, -0.25) is 10.4 Å². The fourth-order valence-electron chi connectivity index (χ4n) is 0.936. The first-order valence-electron chi connectivity index (χ1n) is 5.09. The first kappa shape index (κ1) is 13.2. The van der Waals surface area contributed by atoms with Crippen LogP contribution >= 0.6 is 0 Å². The summed E-state index contributed by atoms with van der Waals surface area (Å²) in [7, 11) is 1.69. The van der Waals surface area contributed by atoms with Gasteiger partial charge in [-0.2, -0.15) is 0 Å². The SMILES string of the molecule is CCCCNC(=NCCCOC)NN. The summed E-state index contributed by atoms with van der Waals surface area (Å²) in [4.78, 5) is 4.24. The Labute approximate surface area is 86.1 Å². The summed E-state index contributed by atoms with van der Waals surface area (Å²) in [5.74, 6) is 5.96. The Morgan fingerprint density at radius 1 is 1.43 bits per heavy atom. The third kappa shape index (κ3) is 7.82. The summed E-state index contributed by atoms with van der Waals surface area (Å²) in [5, 5.41) is 3.12. The molecular weight excluding hydrogens is 180 g/mol. The number of nitrogens with two attached hydrogens (primary N) is 1. The maximum absolute atomic E-state index is 5.30. The molecule has 0 saturated carbocycles. The lowest BCUT2D eigenvalue weighted by Gasteiger charge is -2.07. The lowest BCUT2D eigenvalue weighted by atomic mass is 10.3. The molecule has 0 bridgehead atoms. The molecule has 0 radical (unpaired) electrons. The van der Waals surface area contributed by atoms with Gasteiger partial charge in [0.1, 0.15) is 0 Å². The maximum atomic E-state index is 5.30. The first-order chi connectivity index (χ1) is 6.85. The van der Waals surface area contributed by atoms with Crippen molar-refractivity contribution in [2.75, 3.05) is 26.8 Å². The van der Waals surface area contributed by atoms with E-state index in [2.05, 4.69) is 22.7 Å². The van der Waals surface area contributed by atoms with Crippen molar-refractivity contribution in [3.05, 3.63) is 0 Å². The number of hydrogen-bond donors (Lipinski definition) is 3. The lowest BCUT2D eigenvalue weighted by Crippen LogP contribution is -2.42. The number of nitrogens with one attached hydrogen (secondary N) is 2. The van der Waals surface area contributed by atoms with Gasteiger partial charge in [0.25, 0.3) is 0 Å². The van der Waals surface area contributed by atoms with Crippen molar-refractivity contribution in [1.29, 1.82) is 0 Å². The molecule has 0 amide bonds. The van der Waals surface area contributed by atoms with Crippen LogP contribution in [0.4, 0.5) is 0 Å². The van der Waals surface area contributed by atoms with Crippen molar-refractivity contribution >= 4 is 5.96 Å². The van der Waals surface area contributed by atoms with E-state index in [1.54, 1.807) is 7.11 Å². The molecule has 0 heterocycles. The molecule has 0 saturated heterocycles. The van der Waals surface area contributed by atoms with Gasteiger partial charge in [-0.15, -0.1) is 0 Å². The molecule has 14 heavy (non-hydrogen) atoms. The molecule has 0 fully saturated rings. The molecule has 84 valence electrons. The van der Waals surface area contributed by atoms with E-state index in [4.69, 9.17) is 10.6 Å². The molecule has 0 aromatic heterocycles. The van der Waals surface area contributed by atoms with Gasteiger partial charge in [0.05, 0.1) is 0 Å². The second-order valence-electron chi connectivity index (χ2n) is 3.00. The molecule has 0 aromatic carbocycles. The number of ether oxygens (including phenoxy) is 1. The van der Waals surface area contributed by atoms with Gasteiger partial charge in [0, 0.05) is 26.8 Å². The van der Waals surface area contributed by atoms with Crippen LogP contribution in [0.25, 0.3) is 0 Å². The Kier molecular flexibility index (Phi) is 9.68. The van der Waals surface area contributed by atoms with Crippen molar-refractivity contribution in [2.45, 2.75) is 26.2 Å². The number of rotatable bonds is 7. The number of unbranched alkanes of at least 4 members (excludes halogenated alkanes) is 1. The summed E-state index contributed by atoms with van der Waals surface area (Å²) in [6.45, 7) is 4.51. The molecule has 0 aromatic rings. The molecule has 4 N–H and O–H groups in total. The normalized spacial score (nSPS) is 11.5. The summed E-state index contributed by atoms with van der Waals surface area (Å²) < 4.78 is 4.91. The van der Waals surface area contributed by atoms with E-state index in [-0.39, 0.29) is 0 Å². The number of guanidine groups is 1. The maximum Gasteiger partial charge on any atom is 0.205 e. The minimum atomic E-state index is 0.662. The van der Waals surface area contributed by atoms with Gasteiger partial charge in [-0.05, 0) is 12.8 Å². The predicted octanol–water partition coefficient (Wildman–Crippen LogP) is 0.232. The van der Waals surface area contributed by atoms with Gasteiger partial charge in [0.15, 0.2) is 0 Å². The summed E-state index contributed by atoms with van der Waals surface area (Å²) in [6, 6.07) is 0. The predicted molar refractivity (Wildman–Crippen MR) is 59.0 cm³/mol. The Morgan fingerprint density at radius 2 is 2.21 bits per heavy atom. The van der Waals surface area contributed by atoms with Crippen molar-refractivity contribution in [3.8, 4) is 0 Å². The summed E-state index contributed by atoms with van der Waals surface area (Å²) in [6.07, 6.45) is 3.20. The molecule has 0 rings (SSSR count). The number of hydrazine groups is 1. The largest absolute Gasteiger partial charge is 0.385 e. The molecule has 0 spiro atoms. The topological polar surface area (TPSA) is 71.7 Å². The number of aliphatic imine (C=N–C) groups is 1. The zero-order valence-corrected chi connectivity index (χ0v) is 9.18. The standard InChI is InChI=1S/C9H22N4O/c1-3-4-6-11-9(13-10)12-7-5-8-14-2/h3-8,10H2,1-2H3,(H2,11,12,13). The third-order valence-corrected chi connectivity index (χ3v) is 1.74. The minimum Gasteiger partial charge on any atom is -0.385 e. The van der Waals surface area contributed by atoms with Crippen LogP contribution in [0.2, 0.25) is 0 Å². The Morgan fingerprint density at radius 3 is 2.79 bits per heavy atom. The fraction of sp³-hybridized carbons (Fsp3) is 0.889. The van der Waals surface area contributed by atoms with Crippen LogP contribution in [0.1, 0.15) is 26.2 Å². The molecule has 0 aliphatic carbocycles. The third-order valence-electron chi connectivity index (χ3n) is 1.74. The molecular formula is C9H22N4O. The van der Waals surface area contributed by atoms with E-state index in [9.17, 15) is 0 Å². The number of nitrogens with zero attached hydrogens (tertiary/aromatic N) is 1. The van der Waals surface area contributed by atoms with Gasteiger partial charge in [-0.25, -0.2) is 5.84 Å². The Hall–Kier alpha value is -0.810. The average Bonchev–Trinajstić information content (AvgIpc) is 2.22. The average molecular weight is 202 g/mol. The van der Waals surface area contributed by atoms with E-state index in [1.165, 1.54) is 0 Å². The van der Waals surface area contributed by atoms with Crippen molar-refractivity contribution in [1.82, 2.24) is 10.7 Å². The zero-order valence-electron chi connectivity index (χ0n) is 9.18. The molecule has 0 aliphatic heterocycles. The Bertz CT molecular complexity index is 150. The van der Waals surface area contributed by atoms with Gasteiger partial charge >= 0.3 is 0 Å².